The van der Waals surface area contributed by atoms with Crippen LogP contribution >= 0.6 is 0 Å². The second kappa shape index (κ2) is 5.33. The van der Waals surface area contributed by atoms with Gasteiger partial charge in [0.05, 0.1) is 16.6 Å². The van der Waals surface area contributed by atoms with Gasteiger partial charge in [-0.15, -0.1) is 5.10 Å². The number of alkyl halides is 6. The SMILES string of the molecule is Cc1cnccc1-n1nc2nc(C(F)(F)F)cc(C(F)(F)F)c2c1N. The van der Waals surface area contributed by atoms with Crippen LogP contribution in [0.15, 0.2) is 24.5 Å². The number of aryl methyl sites for hydroxylation is 1. The van der Waals surface area contributed by atoms with Crippen molar-refractivity contribution in [2.45, 2.75) is 19.3 Å². The third-order valence-corrected chi connectivity index (χ3v) is 3.49. The van der Waals surface area contributed by atoms with Crippen molar-refractivity contribution in [1.82, 2.24) is 19.7 Å². The van der Waals surface area contributed by atoms with Crippen LogP contribution in [0, 0.1) is 6.92 Å². The summed E-state index contributed by atoms with van der Waals surface area (Å²) >= 11 is 0. The van der Waals surface area contributed by atoms with Gasteiger partial charge in [-0.05, 0) is 24.6 Å². The van der Waals surface area contributed by atoms with E-state index < -0.39 is 40.5 Å². The maximum Gasteiger partial charge on any atom is 0.433 e. The van der Waals surface area contributed by atoms with Gasteiger partial charge in [-0.3, -0.25) is 4.98 Å². The Morgan fingerprint density at radius 3 is 2.32 bits per heavy atom. The minimum Gasteiger partial charge on any atom is -0.383 e. The molecule has 0 radical (unpaired) electrons. The Hall–Kier alpha value is -2.85. The van der Waals surface area contributed by atoms with Crippen molar-refractivity contribution in [2.24, 2.45) is 0 Å². The van der Waals surface area contributed by atoms with E-state index in [0.717, 1.165) is 4.68 Å². The maximum atomic E-state index is 13.3. The predicted molar refractivity (Wildman–Crippen MR) is 75.8 cm³/mol. The van der Waals surface area contributed by atoms with E-state index in [0.29, 0.717) is 5.56 Å². The first-order chi connectivity index (χ1) is 11.5. The average molecular weight is 361 g/mol. The first-order valence-electron chi connectivity index (χ1n) is 6.75. The first kappa shape index (κ1) is 17.0. The Labute approximate surface area is 136 Å². The minimum absolute atomic E-state index is 0.0654. The molecule has 11 heteroatoms. The van der Waals surface area contributed by atoms with Gasteiger partial charge in [0.1, 0.15) is 11.5 Å². The van der Waals surface area contributed by atoms with Gasteiger partial charge in [0.15, 0.2) is 5.65 Å². The monoisotopic (exact) mass is 361 g/mol. The first-order valence-corrected chi connectivity index (χ1v) is 6.75. The molecule has 0 saturated heterocycles. The molecular formula is C14H9F6N5. The summed E-state index contributed by atoms with van der Waals surface area (Å²) in [5.41, 5.74) is 2.59. The average Bonchev–Trinajstić information content (AvgIpc) is 2.82. The van der Waals surface area contributed by atoms with Crippen LogP contribution < -0.4 is 5.73 Å². The number of nitrogens with two attached hydrogens (primary N) is 1. The number of rotatable bonds is 1. The van der Waals surface area contributed by atoms with Gasteiger partial charge in [-0.1, -0.05) is 0 Å². The van der Waals surface area contributed by atoms with Crippen molar-refractivity contribution in [3.8, 4) is 5.69 Å². The number of aromatic nitrogens is 4. The van der Waals surface area contributed by atoms with Crippen molar-refractivity contribution in [1.29, 1.82) is 0 Å². The molecule has 0 spiro atoms. The van der Waals surface area contributed by atoms with Crippen molar-refractivity contribution in [3.05, 3.63) is 41.3 Å². The fraction of sp³-hybridized carbons (Fsp3) is 0.214. The number of anilines is 1. The molecule has 25 heavy (non-hydrogen) atoms. The number of fused-ring (bicyclic) bond motifs is 1. The molecule has 0 unspecified atom stereocenters. The zero-order valence-electron chi connectivity index (χ0n) is 12.4. The van der Waals surface area contributed by atoms with Crippen LogP contribution in [0.3, 0.4) is 0 Å². The number of nitrogens with zero attached hydrogens (tertiary/aromatic N) is 4. The summed E-state index contributed by atoms with van der Waals surface area (Å²) in [4.78, 5) is 7.04. The Morgan fingerprint density at radius 2 is 1.76 bits per heavy atom. The normalized spacial score (nSPS) is 12.8. The van der Waals surface area contributed by atoms with Crippen molar-refractivity contribution in [2.75, 3.05) is 5.73 Å². The summed E-state index contributed by atoms with van der Waals surface area (Å²) in [5.74, 6) is -0.460. The van der Waals surface area contributed by atoms with Gasteiger partial charge >= 0.3 is 12.4 Å². The zero-order chi connectivity index (χ0) is 18.6. The third kappa shape index (κ3) is 2.85. The van der Waals surface area contributed by atoms with Crippen LogP contribution in [0.25, 0.3) is 16.7 Å². The Balaban J connectivity index is 2.39. The predicted octanol–water partition coefficient (Wildman–Crippen LogP) is 3.74. The van der Waals surface area contributed by atoms with Gasteiger partial charge in [0, 0.05) is 12.4 Å². The molecule has 0 bridgehead atoms. The molecule has 3 aromatic heterocycles. The summed E-state index contributed by atoms with van der Waals surface area (Å²) in [7, 11) is 0. The van der Waals surface area contributed by atoms with Gasteiger partial charge in [0.25, 0.3) is 0 Å². The maximum absolute atomic E-state index is 13.3. The van der Waals surface area contributed by atoms with Gasteiger partial charge in [-0.2, -0.15) is 26.3 Å². The van der Waals surface area contributed by atoms with Crippen molar-refractivity contribution < 1.29 is 26.3 Å². The molecule has 132 valence electrons. The molecule has 2 N–H and O–H groups in total. The van der Waals surface area contributed by atoms with Gasteiger partial charge < -0.3 is 5.73 Å². The highest BCUT2D eigenvalue weighted by molar-refractivity contribution is 5.91. The fourth-order valence-electron chi connectivity index (χ4n) is 2.37. The highest BCUT2D eigenvalue weighted by atomic mass is 19.4. The Morgan fingerprint density at radius 1 is 1.08 bits per heavy atom. The highest BCUT2D eigenvalue weighted by Crippen LogP contribution is 2.40. The molecule has 0 aliphatic heterocycles. The molecule has 3 heterocycles. The number of hydrogen-bond donors (Lipinski definition) is 1. The summed E-state index contributed by atoms with van der Waals surface area (Å²) < 4.78 is 79.3. The van der Waals surface area contributed by atoms with E-state index in [1.54, 1.807) is 6.92 Å². The molecule has 3 rings (SSSR count). The van der Waals surface area contributed by atoms with E-state index in [9.17, 15) is 26.3 Å². The third-order valence-electron chi connectivity index (χ3n) is 3.49. The molecule has 0 aromatic carbocycles. The summed E-state index contributed by atoms with van der Waals surface area (Å²) in [6.45, 7) is 1.60. The number of pyridine rings is 2. The second-order valence-corrected chi connectivity index (χ2v) is 5.21. The van der Waals surface area contributed by atoms with Crippen LogP contribution in [0.5, 0.6) is 0 Å². The lowest BCUT2D eigenvalue weighted by molar-refractivity contribution is -0.144. The summed E-state index contributed by atoms with van der Waals surface area (Å²) in [6, 6.07) is 1.36. The molecule has 5 nitrogen and oxygen atoms in total. The van der Waals surface area contributed by atoms with Crippen molar-refractivity contribution >= 4 is 16.9 Å². The van der Waals surface area contributed by atoms with Crippen LogP contribution in [0.4, 0.5) is 32.2 Å². The topological polar surface area (TPSA) is 69.6 Å². The van der Waals surface area contributed by atoms with E-state index in [-0.39, 0.29) is 11.8 Å². The van der Waals surface area contributed by atoms with Crippen LogP contribution in [-0.2, 0) is 12.4 Å². The highest BCUT2D eigenvalue weighted by Gasteiger charge is 2.41. The lowest BCUT2D eigenvalue weighted by atomic mass is 10.1. The molecule has 0 saturated carbocycles. The largest absolute Gasteiger partial charge is 0.433 e. The van der Waals surface area contributed by atoms with E-state index in [1.165, 1.54) is 18.5 Å². The summed E-state index contributed by atoms with van der Waals surface area (Å²) in [6.07, 6.45) is -7.34. The summed E-state index contributed by atoms with van der Waals surface area (Å²) in [5, 5.41) is 3.06. The van der Waals surface area contributed by atoms with Crippen molar-refractivity contribution in [3.63, 3.8) is 0 Å². The number of hydrogen-bond acceptors (Lipinski definition) is 4. The van der Waals surface area contributed by atoms with Crippen LogP contribution in [0.2, 0.25) is 0 Å². The van der Waals surface area contributed by atoms with Crippen LogP contribution in [-0.4, -0.2) is 19.7 Å². The Kier molecular flexibility index (Phi) is 3.62. The molecule has 0 fully saturated rings. The second-order valence-electron chi connectivity index (χ2n) is 5.21. The smallest absolute Gasteiger partial charge is 0.383 e. The van der Waals surface area contributed by atoms with E-state index in [2.05, 4.69) is 15.1 Å². The molecule has 0 atom stereocenters. The van der Waals surface area contributed by atoms with Gasteiger partial charge in [0.2, 0.25) is 0 Å². The molecule has 3 aromatic rings. The molecule has 0 amide bonds. The van der Waals surface area contributed by atoms with E-state index >= 15 is 0 Å². The van der Waals surface area contributed by atoms with Crippen LogP contribution in [0.1, 0.15) is 16.8 Å². The molecular weight excluding hydrogens is 352 g/mol. The van der Waals surface area contributed by atoms with E-state index in [1.807, 2.05) is 0 Å². The quantitative estimate of drug-likeness (QED) is 0.671. The molecule has 0 aliphatic rings. The number of halogens is 6. The van der Waals surface area contributed by atoms with Gasteiger partial charge in [-0.25, -0.2) is 9.67 Å². The fourth-order valence-corrected chi connectivity index (χ4v) is 2.37. The lowest BCUT2D eigenvalue weighted by Gasteiger charge is -2.12. The standard InChI is InChI=1S/C14H9F6N5/c1-6-5-22-3-2-8(6)25-11(21)10-7(13(15,16)17)4-9(14(18,19)20)23-12(10)24-25/h2-5H,21H2,1H3. The van der Waals surface area contributed by atoms with E-state index in [4.69, 9.17) is 5.73 Å². The number of nitrogen functional groups attached to an aromatic ring is 1. The molecule has 0 aliphatic carbocycles. The lowest BCUT2D eigenvalue weighted by Crippen LogP contribution is -2.13. The Bertz CT molecular complexity index is 957. The minimum atomic E-state index is -5.06. The zero-order valence-corrected chi connectivity index (χ0v) is 12.4.